The zero-order chi connectivity index (χ0) is 34.4. The number of nitrogens with zero attached hydrogens (tertiary/aromatic N) is 5. The third-order valence-corrected chi connectivity index (χ3v) is 10.4. The first-order valence-electron chi connectivity index (χ1n) is 16.9. The molecule has 4 aliphatic rings. The lowest BCUT2D eigenvalue weighted by Gasteiger charge is -2.29. The molecule has 1 unspecified atom stereocenters. The summed E-state index contributed by atoms with van der Waals surface area (Å²) in [6.07, 6.45) is 3.91. The van der Waals surface area contributed by atoms with Crippen LogP contribution in [0.25, 0.3) is 11.3 Å². The maximum absolute atomic E-state index is 13.9. The van der Waals surface area contributed by atoms with Gasteiger partial charge in [-0.25, -0.2) is 9.97 Å². The lowest BCUT2D eigenvalue weighted by Crippen LogP contribution is -2.44. The van der Waals surface area contributed by atoms with Gasteiger partial charge < -0.3 is 19.9 Å². The SMILES string of the molecule is O=C(CN1Cc2ccc(-c3nc(NC4CCOCC4)ncc3Cl)cc2C1=O)N1CCc2ccccc2C(CN2C(=O)c3ccccc3C2=O)C1. The van der Waals surface area contributed by atoms with Crippen molar-refractivity contribution in [3.05, 3.63) is 111 Å². The van der Waals surface area contributed by atoms with Crippen LogP contribution in [0.4, 0.5) is 5.95 Å². The van der Waals surface area contributed by atoms with E-state index < -0.39 is 0 Å². The average molecular weight is 691 g/mol. The quantitative estimate of drug-likeness (QED) is 0.274. The first kappa shape index (κ1) is 32.1. The molecule has 3 aromatic carbocycles. The molecule has 1 aromatic heterocycles. The first-order valence-corrected chi connectivity index (χ1v) is 17.3. The van der Waals surface area contributed by atoms with Crippen LogP contribution >= 0.6 is 11.6 Å². The van der Waals surface area contributed by atoms with Crippen molar-refractivity contribution in [1.29, 1.82) is 0 Å². The molecule has 1 atom stereocenters. The first-order chi connectivity index (χ1) is 24.3. The number of hydrogen-bond donors (Lipinski definition) is 1. The number of nitrogens with one attached hydrogen (secondary N) is 1. The zero-order valence-electron chi connectivity index (χ0n) is 27.3. The number of benzene rings is 3. The second-order valence-electron chi connectivity index (χ2n) is 13.2. The van der Waals surface area contributed by atoms with Crippen LogP contribution in [0, 0.1) is 0 Å². The number of rotatable bonds is 7. The number of hydrogen-bond acceptors (Lipinski definition) is 8. The molecule has 4 aromatic rings. The molecule has 5 heterocycles. The summed E-state index contributed by atoms with van der Waals surface area (Å²) in [5, 5.41) is 3.74. The topological polar surface area (TPSA) is 125 Å². The van der Waals surface area contributed by atoms with Gasteiger partial charge in [-0.1, -0.05) is 60.1 Å². The molecule has 4 aliphatic heterocycles. The summed E-state index contributed by atoms with van der Waals surface area (Å²) in [4.78, 5) is 67.8. The van der Waals surface area contributed by atoms with E-state index in [1.54, 1.807) is 46.3 Å². The van der Waals surface area contributed by atoms with Gasteiger partial charge >= 0.3 is 0 Å². The molecular weight excluding hydrogens is 656 g/mol. The summed E-state index contributed by atoms with van der Waals surface area (Å²) in [5.74, 6) is -0.871. The molecule has 0 bridgehead atoms. The van der Waals surface area contributed by atoms with E-state index in [0.717, 1.165) is 29.5 Å². The lowest BCUT2D eigenvalue weighted by molar-refractivity contribution is -0.132. The van der Waals surface area contributed by atoms with Gasteiger partial charge in [0.1, 0.15) is 6.54 Å². The molecule has 50 heavy (non-hydrogen) atoms. The molecule has 1 N–H and O–H groups in total. The van der Waals surface area contributed by atoms with Gasteiger partial charge in [-0.3, -0.25) is 24.1 Å². The Kier molecular flexibility index (Phi) is 8.54. The van der Waals surface area contributed by atoms with E-state index in [0.29, 0.717) is 78.2 Å². The van der Waals surface area contributed by atoms with E-state index in [9.17, 15) is 19.2 Å². The van der Waals surface area contributed by atoms with Gasteiger partial charge in [0, 0.05) is 62.5 Å². The van der Waals surface area contributed by atoms with Crippen molar-refractivity contribution in [2.24, 2.45) is 0 Å². The molecule has 1 fully saturated rings. The Hall–Kier alpha value is -5.13. The summed E-state index contributed by atoms with van der Waals surface area (Å²) in [5.41, 5.74) is 5.44. The van der Waals surface area contributed by atoms with Crippen molar-refractivity contribution < 1.29 is 23.9 Å². The summed E-state index contributed by atoms with van der Waals surface area (Å²) in [6, 6.07) is 20.6. The Bertz CT molecular complexity index is 2000. The highest BCUT2D eigenvalue weighted by atomic mass is 35.5. The fourth-order valence-corrected chi connectivity index (χ4v) is 7.64. The standard InChI is InChI=1S/C38H35ClN6O5/c39-32-18-40-38(41-27-12-15-50-16-13-27)42-34(32)24-9-10-25-19-44(35(47)31(25)17-24)22-33(46)43-14-11-23-5-1-2-6-28(23)26(20-43)21-45-36(48)29-7-3-4-8-30(29)37(45)49/h1-10,17-18,26-27H,11-16,19-22H2,(H,40,41,42). The Morgan fingerprint density at radius 2 is 1.64 bits per heavy atom. The molecule has 0 saturated carbocycles. The third kappa shape index (κ3) is 6.01. The Labute approximate surface area is 294 Å². The number of imide groups is 1. The van der Waals surface area contributed by atoms with E-state index in [1.807, 2.05) is 36.4 Å². The minimum atomic E-state index is -0.319. The molecule has 12 heteroatoms. The van der Waals surface area contributed by atoms with E-state index >= 15 is 0 Å². The zero-order valence-corrected chi connectivity index (χ0v) is 28.1. The molecular formula is C38H35ClN6O5. The molecule has 0 radical (unpaired) electrons. The van der Waals surface area contributed by atoms with Crippen LogP contribution in [0.1, 0.15) is 66.5 Å². The maximum atomic E-state index is 13.9. The predicted octanol–water partition coefficient (Wildman–Crippen LogP) is 4.81. The number of aromatic nitrogens is 2. The molecule has 11 nitrogen and oxygen atoms in total. The molecule has 0 spiro atoms. The Balaban J connectivity index is 0.975. The molecule has 0 aliphatic carbocycles. The van der Waals surface area contributed by atoms with Crippen LogP contribution in [0.2, 0.25) is 5.02 Å². The monoisotopic (exact) mass is 690 g/mol. The number of ether oxygens (including phenoxy) is 1. The van der Waals surface area contributed by atoms with Crippen LogP contribution in [0.5, 0.6) is 0 Å². The predicted molar refractivity (Wildman–Crippen MR) is 186 cm³/mol. The second-order valence-corrected chi connectivity index (χ2v) is 13.6. The van der Waals surface area contributed by atoms with E-state index in [4.69, 9.17) is 16.3 Å². The van der Waals surface area contributed by atoms with Gasteiger partial charge in [0.05, 0.1) is 28.0 Å². The number of fused-ring (bicyclic) bond motifs is 3. The molecule has 254 valence electrons. The molecule has 8 rings (SSSR count). The normalized spacial score (nSPS) is 18.9. The van der Waals surface area contributed by atoms with Gasteiger partial charge in [0.2, 0.25) is 11.9 Å². The van der Waals surface area contributed by atoms with Crippen molar-refractivity contribution in [3.63, 3.8) is 0 Å². The second kappa shape index (κ2) is 13.3. The van der Waals surface area contributed by atoms with Crippen LogP contribution in [-0.4, -0.2) is 93.7 Å². The fraction of sp³-hybridized carbons (Fsp3) is 0.316. The largest absolute Gasteiger partial charge is 0.381 e. The number of carbonyl (C=O) groups excluding carboxylic acids is 4. The van der Waals surface area contributed by atoms with Crippen molar-refractivity contribution in [1.82, 2.24) is 24.7 Å². The van der Waals surface area contributed by atoms with Crippen molar-refractivity contribution in [2.75, 3.05) is 44.7 Å². The van der Waals surface area contributed by atoms with Crippen molar-refractivity contribution >= 4 is 41.2 Å². The summed E-state index contributed by atoms with van der Waals surface area (Å²) in [6.45, 7) is 2.52. The van der Waals surface area contributed by atoms with Gasteiger partial charge in [-0.05, 0) is 54.2 Å². The summed E-state index contributed by atoms with van der Waals surface area (Å²) in [7, 11) is 0. The van der Waals surface area contributed by atoms with E-state index in [-0.39, 0.29) is 48.7 Å². The third-order valence-electron chi connectivity index (χ3n) is 10.1. The van der Waals surface area contributed by atoms with Crippen molar-refractivity contribution in [2.45, 2.75) is 37.8 Å². The van der Waals surface area contributed by atoms with Crippen LogP contribution in [0.15, 0.2) is 72.9 Å². The lowest BCUT2D eigenvalue weighted by atomic mass is 9.93. The summed E-state index contributed by atoms with van der Waals surface area (Å²) >= 11 is 6.54. The highest BCUT2D eigenvalue weighted by Crippen LogP contribution is 2.33. The number of anilines is 1. The highest BCUT2D eigenvalue weighted by Gasteiger charge is 2.39. The van der Waals surface area contributed by atoms with E-state index in [1.165, 1.54) is 4.90 Å². The Morgan fingerprint density at radius 1 is 0.900 bits per heavy atom. The highest BCUT2D eigenvalue weighted by molar-refractivity contribution is 6.33. The minimum absolute atomic E-state index is 0.0909. The minimum Gasteiger partial charge on any atom is -0.381 e. The number of amides is 4. The average Bonchev–Trinajstić information content (AvgIpc) is 3.48. The smallest absolute Gasteiger partial charge is 0.261 e. The van der Waals surface area contributed by atoms with Gasteiger partial charge in [0.25, 0.3) is 17.7 Å². The van der Waals surface area contributed by atoms with Crippen molar-refractivity contribution in [3.8, 4) is 11.3 Å². The summed E-state index contributed by atoms with van der Waals surface area (Å²) < 4.78 is 5.45. The van der Waals surface area contributed by atoms with Gasteiger partial charge in [0.15, 0.2) is 0 Å². The van der Waals surface area contributed by atoms with Crippen LogP contribution < -0.4 is 5.32 Å². The van der Waals surface area contributed by atoms with E-state index in [2.05, 4.69) is 15.3 Å². The van der Waals surface area contributed by atoms with Crippen LogP contribution in [-0.2, 0) is 22.5 Å². The fourth-order valence-electron chi connectivity index (χ4n) is 7.44. The van der Waals surface area contributed by atoms with Gasteiger partial charge in [-0.2, -0.15) is 0 Å². The molecule has 1 saturated heterocycles. The number of halogens is 1. The van der Waals surface area contributed by atoms with Gasteiger partial charge in [-0.15, -0.1) is 0 Å². The maximum Gasteiger partial charge on any atom is 0.261 e. The number of carbonyl (C=O) groups is 4. The Morgan fingerprint density at radius 3 is 2.42 bits per heavy atom. The molecule has 4 amide bonds. The van der Waals surface area contributed by atoms with Crippen LogP contribution in [0.3, 0.4) is 0 Å².